The third-order valence-electron chi connectivity index (χ3n) is 16.4. The van der Waals surface area contributed by atoms with E-state index in [2.05, 4.69) is 244 Å². The number of anilines is 3. The third-order valence-corrected chi connectivity index (χ3v) is 16.4. The molecule has 0 bridgehead atoms. The van der Waals surface area contributed by atoms with Crippen molar-refractivity contribution in [2.45, 2.75) is 112 Å². The zero-order valence-electron chi connectivity index (χ0n) is 42.9. The third kappa shape index (κ3) is 6.03. The van der Waals surface area contributed by atoms with Crippen LogP contribution in [-0.2, 0) is 41.5 Å². The van der Waals surface area contributed by atoms with Gasteiger partial charge >= 0.3 is 19.8 Å². The molecule has 70 heavy (non-hydrogen) atoms. The Hall–Kier alpha value is -6.14. The summed E-state index contributed by atoms with van der Waals surface area (Å²) in [5.41, 5.74) is 26.3. The average molecular weight is 1080 g/mol. The van der Waals surface area contributed by atoms with E-state index in [1.165, 1.54) is 127 Å². The summed E-state index contributed by atoms with van der Waals surface area (Å²) in [5.74, 6) is 0. The molecule has 0 amide bonds. The van der Waals surface area contributed by atoms with Crippen LogP contribution >= 0.6 is 0 Å². The van der Waals surface area contributed by atoms with Crippen molar-refractivity contribution in [3.05, 3.63) is 178 Å². The zero-order chi connectivity index (χ0) is 48.0. The molecule has 0 fully saturated rings. The number of rotatable bonds is 2. The molecule has 346 valence electrons. The quantitative estimate of drug-likeness (QED) is 0.124. The molecule has 0 atom stereocenters. The summed E-state index contributed by atoms with van der Waals surface area (Å²) in [4.78, 5) is 2.66. The van der Waals surface area contributed by atoms with Crippen LogP contribution in [0, 0.1) is 26.0 Å². The van der Waals surface area contributed by atoms with Gasteiger partial charge in [0, 0.05) is 38.8 Å². The molecule has 0 unspecified atom stereocenters. The molecule has 8 aromatic carbocycles. The molecule has 0 spiro atoms. The number of hydrogen-bond donors (Lipinski definition) is 0. The van der Waals surface area contributed by atoms with Crippen molar-refractivity contribution >= 4 is 83.8 Å². The predicted octanol–water partition coefficient (Wildman–Crippen LogP) is 14.9. The largest absolute Gasteiger partial charge is 2.00 e. The minimum atomic E-state index is -0.187. The van der Waals surface area contributed by atoms with Crippen molar-refractivity contribution < 1.29 is 19.8 Å². The number of aryl methyl sites for hydroxylation is 2. The molecule has 3 nitrogen and oxygen atoms in total. The van der Waals surface area contributed by atoms with Crippen LogP contribution in [0.5, 0.6) is 0 Å². The van der Waals surface area contributed by atoms with Gasteiger partial charge in [-0.25, -0.2) is 0 Å². The maximum absolute atomic E-state index is 4.00. The van der Waals surface area contributed by atoms with E-state index in [-0.39, 0.29) is 48.2 Å². The molecular formula is C65H60BN3Os. The minimum Gasteiger partial charge on any atom is -0.359 e. The molecule has 1 aliphatic carbocycles. The molecule has 10 aromatic rings. The second-order valence-electron chi connectivity index (χ2n) is 24.2. The summed E-state index contributed by atoms with van der Waals surface area (Å²) in [5, 5.41) is 5.15. The fourth-order valence-electron chi connectivity index (χ4n) is 12.8. The first-order chi connectivity index (χ1) is 32.7. The molecule has 0 N–H and O–H groups in total. The molecule has 13 rings (SSSR count). The van der Waals surface area contributed by atoms with E-state index in [9.17, 15) is 0 Å². The fourth-order valence-corrected chi connectivity index (χ4v) is 12.8. The van der Waals surface area contributed by atoms with Gasteiger partial charge in [-0.15, -0.1) is 16.4 Å². The molecule has 5 heteroatoms. The van der Waals surface area contributed by atoms with E-state index >= 15 is 0 Å². The SMILES string of the molecule is Cc1cccc(C)c1-n1c2ccccc2c2cc3c(cc21)N(c1ccc2c(c1)C(C)(C)c1ccccc1-2)c1cc(C(C)(C)C)c2c4cc(C(C)(C)C)c[c-]c4n4c2c1B3c1cc(C(C)(C)C)c[c-]c1-4.[Os+2]. The van der Waals surface area contributed by atoms with Crippen LogP contribution in [-0.4, -0.2) is 15.8 Å². The standard InChI is InChI=1S/C65H60BN3.Os/c1-37-19-18-20-38(2)60(37)69-52-24-17-15-22-44(52)45-34-51-56(36-55(45)69)67(41-27-28-43-42-21-14-16-23-47(42)65(12,13)48(43)33-41)57-35-49(64(9,10)11)58-46-31-39(62(3,4)5)25-29-53(46)68-54-30-26-40(63(6,7)8)32-50(54)66(51)59(57)61(58)68;/h14-28,31-36H,1-13H3;/q-2;+2. The number of para-hydroxylation sites is 2. The number of nitrogens with zero attached hydrogens (tertiary/aromatic N) is 3. The first-order valence-electron chi connectivity index (χ1n) is 25.1. The molecular weight excluding hydrogens is 1020 g/mol. The Morgan fingerprint density at radius 2 is 1.21 bits per heavy atom. The van der Waals surface area contributed by atoms with Gasteiger partial charge in [-0.1, -0.05) is 176 Å². The first-order valence-corrected chi connectivity index (χ1v) is 25.1. The van der Waals surface area contributed by atoms with Gasteiger partial charge in [-0.2, -0.15) is 42.0 Å². The van der Waals surface area contributed by atoms with Crippen molar-refractivity contribution in [2.75, 3.05) is 4.90 Å². The summed E-state index contributed by atoms with van der Waals surface area (Å²) in [6.45, 7) is 30.4. The van der Waals surface area contributed by atoms with E-state index in [0.717, 1.165) is 11.2 Å². The molecule has 2 aliphatic heterocycles. The Labute approximate surface area is 427 Å². The number of benzene rings is 8. The van der Waals surface area contributed by atoms with E-state index in [0.29, 0.717) is 0 Å². The predicted molar refractivity (Wildman–Crippen MR) is 295 cm³/mol. The monoisotopic (exact) mass is 1090 g/mol. The normalized spacial score (nSPS) is 14.6. The molecule has 4 heterocycles. The van der Waals surface area contributed by atoms with Crippen molar-refractivity contribution in [3.63, 3.8) is 0 Å². The van der Waals surface area contributed by atoms with Gasteiger partial charge < -0.3 is 14.0 Å². The number of fused-ring (bicyclic) bond motifs is 14. The summed E-state index contributed by atoms with van der Waals surface area (Å²) >= 11 is 0. The molecule has 2 aromatic heterocycles. The van der Waals surface area contributed by atoms with Crippen LogP contribution < -0.4 is 21.3 Å². The van der Waals surface area contributed by atoms with Gasteiger partial charge in [0.1, 0.15) is 0 Å². The Balaban J connectivity index is 0.00000505. The van der Waals surface area contributed by atoms with E-state index in [4.69, 9.17) is 0 Å². The second kappa shape index (κ2) is 14.7. The maximum Gasteiger partial charge on any atom is 2.00 e. The topological polar surface area (TPSA) is 13.1 Å². The molecule has 0 saturated carbocycles. The van der Waals surface area contributed by atoms with E-state index < -0.39 is 0 Å². The van der Waals surface area contributed by atoms with Crippen LogP contribution in [0.2, 0.25) is 0 Å². The van der Waals surface area contributed by atoms with Gasteiger partial charge in [0.15, 0.2) is 6.71 Å². The Bertz CT molecular complexity index is 3890. The van der Waals surface area contributed by atoms with Gasteiger partial charge in [-0.05, 0) is 99.4 Å². The van der Waals surface area contributed by atoms with Crippen LogP contribution in [0.4, 0.5) is 17.1 Å². The smallest absolute Gasteiger partial charge is 0.359 e. The summed E-state index contributed by atoms with van der Waals surface area (Å²) in [6, 6.07) is 57.3. The van der Waals surface area contributed by atoms with Crippen molar-refractivity contribution in [1.29, 1.82) is 0 Å². The molecule has 0 radical (unpaired) electrons. The Morgan fingerprint density at radius 3 is 1.94 bits per heavy atom. The average Bonchev–Trinajstić information content (AvgIpc) is 3.89. The Morgan fingerprint density at radius 1 is 0.543 bits per heavy atom. The summed E-state index contributed by atoms with van der Waals surface area (Å²) < 4.78 is 5.11. The van der Waals surface area contributed by atoms with Gasteiger partial charge in [0.25, 0.3) is 0 Å². The van der Waals surface area contributed by atoms with E-state index in [1.807, 2.05) is 0 Å². The first kappa shape index (κ1) is 45.0. The van der Waals surface area contributed by atoms with Gasteiger partial charge in [0.2, 0.25) is 0 Å². The zero-order valence-corrected chi connectivity index (χ0v) is 45.4. The van der Waals surface area contributed by atoms with Crippen molar-refractivity contribution in [1.82, 2.24) is 9.13 Å². The number of hydrogen-bond acceptors (Lipinski definition) is 1. The van der Waals surface area contributed by atoms with Crippen LogP contribution in [0.25, 0.3) is 66.1 Å². The van der Waals surface area contributed by atoms with Crippen LogP contribution in [0.3, 0.4) is 0 Å². The summed E-state index contributed by atoms with van der Waals surface area (Å²) in [7, 11) is 0. The fraction of sp³-hybridized carbons (Fsp3) is 0.262. The van der Waals surface area contributed by atoms with Crippen molar-refractivity contribution in [3.8, 4) is 22.5 Å². The molecule has 0 saturated heterocycles. The van der Waals surface area contributed by atoms with E-state index in [1.54, 1.807) is 0 Å². The van der Waals surface area contributed by atoms with Gasteiger partial charge in [-0.3, -0.25) is 0 Å². The Kier molecular flexibility index (Phi) is 9.47. The maximum atomic E-state index is 4.00. The minimum absolute atomic E-state index is 0. The number of aromatic nitrogens is 2. The van der Waals surface area contributed by atoms with Crippen LogP contribution in [0.1, 0.15) is 115 Å². The molecule has 3 aliphatic rings. The second-order valence-corrected chi connectivity index (χ2v) is 24.2. The van der Waals surface area contributed by atoms with Crippen LogP contribution in [0.15, 0.2) is 127 Å². The summed E-state index contributed by atoms with van der Waals surface area (Å²) in [6.07, 6.45) is 0. The van der Waals surface area contributed by atoms with Crippen molar-refractivity contribution in [2.24, 2.45) is 0 Å². The van der Waals surface area contributed by atoms with Gasteiger partial charge in [0.05, 0.1) is 16.7 Å².